The first-order valence-electron chi connectivity index (χ1n) is 8.17. The molecule has 0 saturated carbocycles. The monoisotopic (exact) mass is 383 g/mol. The molecule has 3 aromatic heterocycles. The number of thiophene rings is 1. The first-order chi connectivity index (χ1) is 12.3. The summed E-state index contributed by atoms with van der Waals surface area (Å²) in [6.45, 7) is 1.13. The Morgan fingerprint density at radius 3 is 2.92 bits per heavy atom. The summed E-state index contributed by atoms with van der Waals surface area (Å²) < 4.78 is 40.6. The lowest BCUT2D eigenvalue weighted by Crippen LogP contribution is -2.38. The summed E-state index contributed by atoms with van der Waals surface area (Å²) >= 11 is 1.05. The van der Waals surface area contributed by atoms with Crippen LogP contribution in [0.4, 0.5) is 13.2 Å². The largest absolute Gasteiger partial charge is 0.435 e. The van der Waals surface area contributed by atoms with Crippen molar-refractivity contribution in [3.05, 3.63) is 34.6 Å². The Kier molecular flexibility index (Phi) is 4.02. The highest BCUT2D eigenvalue weighted by atomic mass is 32.1. The van der Waals surface area contributed by atoms with E-state index in [1.165, 1.54) is 17.8 Å². The maximum absolute atomic E-state index is 13.1. The maximum atomic E-state index is 13.1. The molecule has 138 valence electrons. The number of aromatic amines is 1. The predicted molar refractivity (Wildman–Crippen MR) is 90.1 cm³/mol. The van der Waals surface area contributed by atoms with Crippen LogP contribution in [0.15, 0.2) is 18.3 Å². The van der Waals surface area contributed by atoms with Crippen LogP contribution in [-0.2, 0) is 13.2 Å². The second-order valence-corrected chi connectivity index (χ2v) is 7.43. The quantitative estimate of drug-likeness (QED) is 0.738. The summed E-state index contributed by atoms with van der Waals surface area (Å²) in [7, 11) is 1.46. The number of alkyl halides is 3. The molecule has 1 unspecified atom stereocenters. The van der Waals surface area contributed by atoms with E-state index in [4.69, 9.17) is 0 Å². The van der Waals surface area contributed by atoms with Crippen molar-refractivity contribution in [1.82, 2.24) is 24.9 Å². The molecule has 0 aliphatic carbocycles. The number of hydrogen-bond acceptors (Lipinski definition) is 4. The van der Waals surface area contributed by atoms with E-state index in [-0.39, 0.29) is 17.2 Å². The molecule has 26 heavy (non-hydrogen) atoms. The number of likely N-dealkylation sites (tertiary alicyclic amines) is 1. The van der Waals surface area contributed by atoms with E-state index in [1.54, 1.807) is 11.1 Å². The standard InChI is InChI=1S/C16H16F3N5OS/c1-23-15-10(13(22-23)16(17,18)19)7-12(26-15)14(25)24-6-2-3-9(8-24)11-4-5-20-21-11/h4-5,7,9H,2-3,6,8H2,1H3,(H,20,21). The highest BCUT2D eigenvalue weighted by Crippen LogP contribution is 2.38. The van der Waals surface area contributed by atoms with Gasteiger partial charge in [-0.15, -0.1) is 11.3 Å². The number of hydrogen-bond donors (Lipinski definition) is 1. The number of aryl methyl sites for hydroxylation is 1. The number of halogens is 3. The number of nitrogens with one attached hydrogen (secondary N) is 1. The van der Waals surface area contributed by atoms with Gasteiger partial charge in [0.05, 0.1) is 4.88 Å². The van der Waals surface area contributed by atoms with Crippen molar-refractivity contribution in [2.75, 3.05) is 13.1 Å². The Labute approximate surface area is 150 Å². The van der Waals surface area contributed by atoms with Gasteiger partial charge in [-0.25, -0.2) is 0 Å². The highest BCUT2D eigenvalue weighted by Gasteiger charge is 2.38. The van der Waals surface area contributed by atoms with Gasteiger partial charge in [0, 0.05) is 43.3 Å². The van der Waals surface area contributed by atoms with Crippen LogP contribution in [0.5, 0.6) is 0 Å². The molecule has 1 amide bonds. The fourth-order valence-electron chi connectivity index (χ4n) is 3.42. The molecule has 4 heterocycles. The molecule has 0 spiro atoms. The van der Waals surface area contributed by atoms with Crippen molar-refractivity contribution in [1.29, 1.82) is 0 Å². The van der Waals surface area contributed by atoms with Crippen LogP contribution in [0, 0.1) is 0 Å². The number of nitrogens with zero attached hydrogens (tertiary/aromatic N) is 4. The van der Waals surface area contributed by atoms with Crippen LogP contribution in [0.2, 0.25) is 0 Å². The van der Waals surface area contributed by atoms with Gasteiger partial charge in [0.15, 0.2) is 5.69 Å². The summed E-state index contributed by atoms with van der Waals surface area (Å²) in [5.41, 5.74) is 0.0293. The molecule has 0 radical (unpaired) electrons. The third-order valence-electron chi connectivity index (χ3n) is 4.66. The number of carbonyl (C=O) groups excluding carboxylic acids is 1. The number of piperidine rings is 1. The number of rotatable bonds is 2. The van der Waals surface area contributed by atoms with E-state index in [0.29, 0.717) is 22.8 Å². The van der Waals surface area contributed by atoms with Gasteiger partial charge in [-0.05, 0) is 25.0 Å². The van der Waals surface area contributed by atoms with Crippen molar-refractivity contribution in [2.45, 2.75) is 24.9 Å². The van der Waals surface area contributed by atoms with Crippen molar-refractivity contribution in [2.24, 2.45) is 7.05 Å². The lowest BCUT2D eigenvalue weighted by molar-refractivity contribution is -0.140. The zero-order chi connectivity index (χ0) is 18.5. The van der Waals surface area contributed by atoms with Gasteiger partial charge in [0.25, 0.3) is 5.91 Å². The fourth-order valence-corrected chi connectivity index (χ4v) is 4.46. The Morgan fingerprint density at radius 2 is 2.23 bits per heavy atom. The van der Waals surface area contributed by atoms with Crippen LogP contribution < -0.4 is 0 Å². The van der Waals surface area contributed by atoms with Crippen molar-refractivity contribution in [3.8, 4) is 0 Å². The van der Waals surface area contributed by atoms with E-state index in [0.717, 1.165) is 29.9 Å². The van der Waals surface area contributed by atoms with Gasteiger partial charge in [0.1, 0.15) is 4.83 Å². The summed E-state index contributed by atoms with van der Waals surface area (Å²) in [4.78, 5) is 15.2. The SMILES string of the molecule is Cn1nc(C(F)(F)F)c2cc(C(=O)N3CCCC(c4ccn[nH]4)C3)sc21. The minimum absolute atomic E-state index is 0.0181. The summed E-state index contributed by atoms with van der Waals surface area (Å²) in [5.74, 6) is -0.0690. The van der Waals surface area contributed by atoms with Crippen LogP contribution in [0.1, 0.15) is 39.8 Å². The molecule has 6 nitrogen and oxygen atoms in total. The topological polar surface area (TPSA) is 66.8 Å². The average Bonchev–Trinajstić information content (AvgIpc) is 3.31. The van der Waals surface area contributed by atoms with Crippen LogP contribution in [-0.4, -0.2) is 43.9 Å². The van der Waals surface area contributed by atoms with E-state index in [9.17, 15) is 18.0 Å². The first kappa shape index (κ1) is 17.1. The summed E-state index contributed by atoms with van der Waals surface area (Å²) in [5, 5.41) is 10.4. The second kappa shape index (κ2) is 6.11. The number of fused-ring (bicyclic) bond motifs is 1. The Balaban J connectivity index is 1.62. The molecule has 1 aliphatic rings. The fraction of sp³-hybridized carbons (Fsp3) is 0.438. The van der Waals surface area contributed by atoms with E-state index in [1.807, 2.05) is 6.07 Å². The van der Waals surface area contributed by atoms with Gasteiger partial charge < -0.3 is 4.90 Å². The van der Waals surface area contributed by atoms with Gasteiger partial charge in [-0.1, -0.05) is 0 Å². The molecule has 1 N–H and O–H groups in total. The maximum Gasteiger partial charge on any atom is 0.435 e. The minimum atomic E-state index is -4.54. The number of carbonyl (C=O) groups is 1. The molecule has 0 aromatic carbocycles. The Hall–Kier alpha value is -2.36. The summed E-state index contributed by atoms with van der Waals surface area (Å²) in [6, 6.07) is 3.21. The van der Waals surface area contributed by atoms with E-state index >= 15 is 0 Å². The molecule has 10 heteroatoms. The average molecular weight is 383 g/mol. The van der Waals surface area contributed by atoms with Crippen molar-refractivity contribution in [3.63, 3.8) is 0 Å². The minimum Gasteiger partial charge on any atom is -0.337 e. The normalized spacial score (nSPS) is 18.6. The van der Waals surface area contributed by atoms with Crippen LogP contribution >= 0.6 is 11.3 Å². The Bertz CT molecular complexity index is 943. The number of amides is 1. The van der Waals surface area contributed by atoms with Gasteiger partial charge in [-0.2, -0.15) is 23.4 Å². The number of aromatic nitrogens is 4. The van der Waals surface area contributed by atoms with Crippen molar-refractivity contribution >= 4 is 27.5 Å². The Morgan fingerprint density at radius 1 is 1.42 bits per heavy atom. The molecule has 1 atom stereocenters. The lowest BCUT2D eigenvalue weighted by Gasteiger charge is -2.31. The molecule has 1 aliphatic heterocycles. The molecule has 1 fully saturated rings. The van der Waals surface area contributed by atoms with Crippen molar-refractivity contribution < 1.29 is 18.0 Å². The smallest absolute Gasteiger partial charge is 0.337 e. The zero-order valence-electron chi connectivity index (χ0n) is 13.9. The predicted octanol–water partition coefficient (Wildman–Crippen LogP) is 3.40. The van der Waals surface area contributed by atoms with Crippen LogP contribution in [0.25, 0.3) is 10.2 Å². The number of H-pyrrole nitrogens is 1. The third-order valence-corrected chi connectivity index (χ3v) is 5.85. The van der Waals surface area contributed by atoms with Crippen LogP contribution in [0.3, 0.4) is 0 Å². The molecule has 1 saturated heterocycles. The second-order valence-electron chi connectivity index (χ2n) is 6.40. The zero-order valence-corrected chi connectivity index (χ0v) is 14.7. The lowest BCUT2D eigenvalue weighted by atomic mass is 9.95. The molecule has 0 bridgehead atoms. The van der Waals surface area contributed by atoms with Gasteiger partial charge in [0.2, 0.25) is 0 Å². The van der Waals surface area contributed by atoms with E-state index in [2.05, 4.69) is 15.3 Å². The first-order valence-corrected chi connectivity index (χ1v) is 8.98. The highest BCUT2D eigenvalue weighted by molar-refractivity contribution is 7.20. The molecule has 3 aromatic rings. The van der Waals surface area contributed by atoms with E-state index < -0.39 is 11.9 Å². The molecular weight excluding hydrogens is 367 g/mol. The summed E-state index contributed by atoms with van der Waals surface area (Å²) in [6.07, 6.45) is -1.08. The van der Waals surface area contributed by atoms with Gasteiger partial charge in [-0.3, -0.25) is 14.6 Å². The van der Waals surface area contributed by atoms with Gasteiger partial charge >= 0.3 is 6.18 Å². The molecule has 4 rings (SSSR count). The third kappa shape index (κ3) is 2.87. The molecular formula is C16H16F3N5OS.